The number of hydrogen-bond donors (Lipinski definition) is 2. The molecule has 3 nitrogen and oxygen atoms in total. The predicted molar refractivity (Wildman–Crippen MR) is 76.9 cm³/mol. The molecule has 1 saturated heterocycles. The molecule has 0 aromatic heterocycles. The van der Waals surface area contributed by atoms with Crippen LogP contribution in [0.15, 0.2) is 24.3 Å². The van der Waals surface area contributed by atoms with Crippen LogP contribution in [0.25, 0.3) is 0 Å². The smallest absolute Gasteiger partial charge is 0.0368 e. The van der Waals surface area contributed by atoms with E-state index in [1.807, 2.05) is 12.1 Å². The molecule has 1 heterocycles. The Morgan fingerprint density at radius 3 is 2.44 bits per heavy atom. The van der Waals surface area contributed by atoms with E-state index in [0.717, 1.165) is 24.8 Å². The first-order valence-corrected chi connectivity index (χ1v) is 7.18. The van der Waals surface area contributed by atoms with E-state index in [4.69, 9.17) is 5.73 Å². The van der Waals surface area contributed by atoms with E-state index in [-0.39, 0.29) is 0 Å². The lowest BCUT2D eigenvalue weighted by Crippen LogP contribution is -2.38. The summed E-state index contributed by atoms with van der Waals surface area (Å²) >= 11 is 0. The standard InChI is InChI=1S/C15H23N3/c16-12-5-7-15(8-6-12)18-10-9-14(11-18)17-13-3-1-2-4-13/h5-8,13-14,17H,1-4,9-11,16H2. The lowest BCUT2D eigenvalue weighted by molar-refractivity contribution is 0.451. The summed E-state index contributed by atoms with van der Waals surface area (Å²) in [6, 6.07) is 9.70. The van der Waals surface area contributed by atoms with Gasteiger partial charge in [0.15, 0.2) is 0 Å². The maximum absolute atomic E-state index is 5.73. The van der Waals surface area contributed by atoms with E-state index in [9.17, 15) is 0 Å². The maximum Gasteiger partial charge on any atom is 0.0368 e. The van der Waals surface area contributed by atoms with Gasteiger partial charge in [0.2, 0.25) is 0 Å². The zero-order valence-electron chi connectivity index (χ0n) is 10.9. The normalized spacial score (nSPS) is 24.9. The van der Waals surface area contributed by atoms with Gasteiger partial charge >= 0.3 is 0 Å². The minimum Gasteiger partial charge on any atom is -0.399 e. The molecular weight excluding hydrogens is 222 g/mol. The van der Waals surface area contributed by atoms with Gasteiger partial charge < -0.3 is 16.0 Å². The van der Waals surface area contributed by atoms with E-state index in [2.05, 4.69) is 22.3 Å². The van der Waals surface area contributed by atoms with Gasteiger partial charge in [0.1, 0.15) is 0 Å². The lowest BCUT2D eigenvalue weighted by atomic mass is 10.2. The molecule has 1 saturated carbocycles. The Morgan fingerprint density at radius 2 is 1.72 bits per heavy atom. The van der Waals surface area contributed by atoms with Gasteiger partial charge in [-0.3, -0.25) is 0 Å². The topological polar surface area (TPSA) is 41.3 Å². The van der Waals surface area contributed by atoms with Crippen molar-refractivity contribution in [1.82, 2.24) is 5.32 Å². The first-order valence-electron chi connectivity index (χ1n) is 7.18. The summed E-state index contributed by atoms with van der Waals surface area (Å²) in [6.07, 6.45) is 6.83. The van der Waals surface area contributed by atoms with Crippen molar-refractivity contribution in [2.24, 2.45) is 0 Å². The molecule has 3 N–H and O–H groups in total. The van der Waals surface area contributed by atoms with E-state index in [0.29, 0.717) is 6.04 Å². The third-order valence-electron chi connectivity index (χ3n) is 4.27. The van der Waals surface area contributed by atoms with Crippen LogP contribution < -0.4 is 16.0 Å². The van der Waals surface area contributed by atoms with Crippen LogP contribution in [0.1, 0.15) is 32.1 Å². The number of nitrogens with one attached hydrogen (secondary N) is 1. The molecule has 1 aromatic rings. The SMILES string of the molecule is Nc1ccc(N2CCC(NC3CCCC3)C2)cc1. The van der Waals surface area contributed by atoms with Crippen LogP contribution in [-0.4, -0.2) is 25.2 Å². The average molecular weight is 245 g/mol. The molecule has 1 atom stereocenters. The molecule has 0 bridgehead atoms. The molecule has 0 spiro atoms. The molecule has 98 valence electrons. The van der Waals surface area contributed by atoms with Gasteiger partial charge in [-0.1, -0.05) is 12.8 Å². The van der Waals surface area contributed by atoms with Crippen LogP contribution in [0.5, 0.6) is 0 Å². The van der Waals surface area contributed by atoms with Crippen molar-refractivity contribution in [1.29, 1.82) is 0 Å². The summed E-state index contributed by atoms with van der Waals surface area (Å²) in [7, 11) is 0. The molecule has 1 unspecified atom stereocenters. The third kappa shape index (κ3) is 2.61. The number of nitrogens with two attached hydrogens (primary N) is 1. The summed E-state index contributed by atoms with van der Waals surface area (Å²) in [5.74, 6) is 0. The van der Waals surface area contributed by atoms with Crippen LogP contribution in [-0.2, 0) is 0 Å². The minimum atomic E-state index is 0.672. The average Bonchev–Trinajstić information content (AvgIpc) is 3.02. The second kappa shape index (κ2) is 5.19. The Hall–Kier alpha value is -1.22. The molecule has 18 heavy (non-hydrogen) atoms. The van der Waals surface area contributed by atoms with Crippen molar-refractivity contribution in [3.63, 3.8) is 0 Å². The first kappa shape index (κ1) is 11.8. The Balaban J connectivity index is 1.55. The number of rotatable bonds is 3. The number of nitrogen functional groups attached to an aromatic ring is 1. The number of anilines is 2. The monoisotopic (exact) mass is 245 g/mol. The zero-order valence-corrected chi connectivity index (χ0v) is 10.9. The van der Waals surface area contributed by atoms with Crippen molar-refractivity contribution < 1.29 is 0 Å². The minimum absolute atomic E-state index is 0.672. The van der Waals surface area contributed by atoms with Crippen LogP contribution in [0.2, 0.25) is 0 Å². The van der Waals surface area contributed by atoms with E-state index < -0.39 is 0 Å². The van der Waals surface area contributed by atoms with Gasteiger partial charge in [-0.05, 0) is 43.5 Å². The van der Waals surface area contributed by atoms with Crippen molar-refractivity contribution in [3.8, 4) is 0 Å². The van der Waals surface area contributed by atoms with Gasteiger partial charge in [-0.2, -0.15) is 0 Å². The number of hydrogen-bond acceptors (Lipinski definition) is 3. The molecule has 0 radical (unpaired) electrons. The highest BCUT2D eigenvalue weighted by Crippen LogP contribution is 2.24. The second-order valence-corrected chi connectivity index (χ2v) is 5.67. The van der Waals surface area contributed by atoms with Gasteiger partial charge in [-0.15, -0.1) is 0 Å². The molecule has 1 aliphatic heterocycles. The van der Waals surface area contributed by atoms with Crippen LogP contribution >= 0.6 is 0 Å². The summed E-state index contributed by atoms with van der Waals surface area (Å²) in [5, 5.41) is 3.82. The van der Waals surface area contributed by atoms with Crippen molar-refractivity contribution in [3.05, 3.63) is 24.3 Å². The summed E-state index contributed by atoms with van der Waals surface area (Å²) < 4.78 is 0. The number of benzene rings is 1. The van der Waals surface area contributed by atoms with E-state index >= 15 is 0 Å². The first-order chi connectivity index (χ1) is 8.81. The lowest BCUT2D eigenvalue weighted by Gasteiger charge is -2.21. The van der Waals surface area contributed by atoms with Crippen LogP contribution in [0, 0.1) is 0 Å². The van der Waals surface area contributed by atoms with Crippen molar-refractivity contribution >= 4 is 11.4 Å². The molecule has 3 rings (SSSR count). The molecule has 0 amide bonds. The van der Waals surface area contributed by atoms with Gasteiger partial charge in [0.25, 0.3) is 0 Å². The Morgan fingerprint density at radius 1 is 1.00 bits per heavy atom. The Labute approximate surface area is 109 Å². The quantitative estimate of drug-likeness (QED) is 0.803. The largest absolute Gasteiger partial charge is 0.399 e. The predicted octanol–water partition coefficient (Wildman–Crippen LogP) is 2.38. The van der Waals surface area contributed by atoms with Gasteiger partial charge in [0.05, 0.1) is 0 Å². The molecule has 1 aromatic carbocycles. The van der Waals surface area contributed by atoms with Gasteiger partial charge in [-0.25, -0.2) is 0 Å². The fourth-order valence-corrected chi connectivity index (χ4v) is 3.24. The Bertz CT molecular complexity index is 381. The van der Waals surface area contributed by atoms with Crippen LogP contribution in [0.3, 0.4) is 0 Å². The zero-order chi connectivity index (χ0) is 12.4. The second-order valence-electron chi connectivity index (χ2n) is 5.67. The fourth-order valence-electron chi connectivity index (χ4n) is 3.24. The highest BCUT2D eigenvalue weighted by Gasteiger charge is 2.25. The molecule has 1 aliphatic carbocycles. The summed E-state index contributed by atoms with van der Waals surface area (Å²) in [5.41, 5.74) is 7.88. The van der Waals surface area contributed by atoms with Crippen molar-refractivity contribution in [2.75, 3.05) is 23.7 Å². The highest BCUT2D eigenvalue weighted by molar-refractivity contribution is 5.53. The molecule has 2 fully saturated rings. The fraction of sp³-hybridized carbons (Fsp3) is 0.600. The van der Waals surface area contributed by atoms with Gasteiger partial charge in [0, 0.05) is 36.5 Å². The third-order valence-corrected chi connectivity index (χ3v) is 4.27. The maximum atomic E-state index is 5.73. The van der Waals surface area contributed by atoms with E-state index in [1.165, 1.54) is 37.8 Å². The molecule has 2 aliphatic rings. The summed E-state index contributed by atoms with van der Waals surface area (Å²) in [6.45, 7) is 2.30. The van der Waals surface area contributed by atoms with E-state index in [1.54, 1.807) is 0 Å². The Kier molecular flexibility index (Phi) is 3.41. The molecule has 3 heteroatoms. The van der Waals surface area contributed by atoms with Crippen LogP contribution in [0.4, 0.5) is 11.4 Å². The highest BCUT2D eigenvalue weighted by atomic mass is 15.2. The molecular formula is C15H23N3. The number of nitrogens with zero attached hydrogens (tertiary/aromatic N) is 1. The van der Waals surface area contributed by atoms with Crippen molar-refractivity contribution in [2.45, 2.75) is 44.2 Å². The summed E-state index contributed by atoms with van der Waals surface area (Å²) in [4.78, 5) is 2.46.